The number of rotatable bonds is 3. The Morgan fingerprint density at radius 2 is 2.15 bits per heavy atom. The van der Waals surface area contributed by atoms with Crippen molar-refractivity contribution in [1.29, 1.82) is 0 Å². The van der Waals surface area contributed by atoms with Crippen LogP contribution in [-0.2, 0) is 5.75 Å². The number of nitrogens with zero attached hydrogens (tertiary/aromatic N) is 1. The second kappa shape index (κ2) is 4.14. The smallest absolute Gasteiger partial charge is 0.284 e. The Hall–Kier alpha value is -1.22. The molecule has 0 saturated heterocycles. The Balaban J connectivity index is 1.94. The summed E-state index contributed by atoms with van der Waals surface area (Å²) in [5.41, 5.74) is 1.29. The third-order valence-corrected chi connectivity index (χ3v) is 2.56. The van der Waals surface area contributed by atoms with Crippen molar-refractivity contribution in [2.45, 2.75) is 10.8 Å². The summed E-state index contributed by atoms with van der Waals surface area (Å²) in [6.45, 7) is 0. The zero-order chi connectivity index (χ0) is 8.93. The second-order valence-corrected chi connectivity index (χ2v) is 3.55. The molecule has 1 radical (unpaired) electrons. The van der Waals surface area contributed by atoms with Gasteiger partial charge in [0.05, 0.1) is 0 Å². The summed E-state index contributed by atoms with van der Waals surface area (Å²) in [5.74, 6) is 0.918. The van der Waals surface area contributed by atoms with E-state index in [1.807, 2.05) is 18.2 Å². The summed E-state index contributed by atoms with van der Waals surface area (Å²) in [7, 11) is 0. The van der Waals surface area contributed by atoms with Crippen molar-refractivity contribution >= 4 is 11.8 Å². The Bertz CT molecular complexity index is 344. The van der Waals surface area contributed by atoms with Crippen LogP contribution < -0.4 is 0 Å². The predicted octanol–water partition coefficient (Wildman–Crippen LogP) is 2.77. The molecule has 2 nitrogen and oxygen atoms in total. The molecule has 1 heterocycles. The molecule has 65 valence electrons. The molecular formula is C10H8NOS. The average molecular weight is 190 g/mol. The second-order valence-electron chi connectivity index (χ2n) is 2.55. The van der Waals surface area contributed by atoms with Gasteiger partial charge in [-0.25, -0.2) is 0 Å². The fraction of sp³-hybridized carbons (Fsp3) is 0.100. The lowest BCUT2D eigenvalue weighted by Gasteiger charge is -1.96. The van der Waals surface area contributed by atoms with E-state index < -0.39 is 0 Å². The quantitative estimate of drug-likeness (QED) is 0.696. The molecule has 1 aromatic carbocycles. The SMILES string of the molecule is [c]1nc(SCc2ccccc2)co1. The lowest BCUT2D eigenvalue weighted by molar-refractivity contribution is 0.545. The molecule has 0 N–H and O–H groups in total. The summed E-state index contributed by atoms with van der Waals surface area (Å²) < 4.78 is 4.75. The van der Waals surface area contributed by atoms with Crippen LogP contribution in [0.2, 0.25) is 0 Å². The molecule has 0 atom stereocenters. The van der Waals surface area contributed by atoms with Crippen LogP contribution in [-0.4, -0.2) is 4.98 Å². The first kappa shape index (κ1) is 8.38. The van der Waals surface area contributed by atoms with Crippen LogP contribution in [0, 0.1) is 6.39 Å². The molecule has 3 heteroatoms. The average Bonchev–Trinajstić information content (AvgIpc) is 2.69. The van der Waals surface area contributed by atoms with Gasteiger partial charge in [0.25, 0.3) is 6.39 Å². The molecule has 0 aliphatic heterocycles. The Morgan fingerprint density at radius 1 is 1.31 bits per heavy atom. The Labute approximate surface area is 81.0 Å². The van der Waals surface area contributed by atoms with Crippen LogP contribution in [0.3, 0.4) is 0 Å². The van der Waals surface area contributed by atoms with Crippen LogP contribution in [0.5, 0.6) is 0 Å². The normalized spacial score (nSPS) is 10.2. The highest BCUT2D eigenvalue weighted by Crippen LogP contribution is 2.19. The van der Waals surface area contributed by atoms with Crippen molar-refractivity contribution in [1.82, 2.24) is 4.98 Å². The number of benzene rings is 1. The molecule has 0 spiro atoms. The van der Waals surface area contributed by atoms with Gasteiger partial charge >= 0.3 is 0 Å². The van der Waals surface area contributed by atoms with E-state index in [-0.39, 0.29) is 0 Å². The molecule has 0 aliphatic carbocycles. The summed E-state index contributed by atoms with van der Waals surface area (Å²) in [6, 6.07) is 10.3. The summed E-state index contributed by atoms with van der Waals surface area (Å²) in [6.07, 6.45) is 4.02. The third-order valence-electron chi connectivity index (χ3n) is 1.60. The fourth-order valence-electron chi connectivity index (χ4n) is 0.972. The highest BCUT2D eigenvalue weighted by Gasteiger charge is 1.97. The largest absolute Gasteiger partial charge is 0.440 e. The van der Waals surface area contributed by atoms with Gasteiger partial charge in [-0.15, -0.1) is 0 Å². The maximum Gasteiger partial charge on any atom is 0.284 e. The highest BCUT2D eigenvalue weighted by molar-refractivity contribution is 7.98. The maximum absolute atomic E-state index is 4.75. The molecule has 0 saturated carbocycles. The van der Waals surface area contributed by atoms with E-state index in [0.29, 0.717) is 0 Å². The molecule has 2 aromatic rings. The summed E-state index contributed by atoms with van der Waals surface area (Å²) in [5, 5.41) is 0.879. The Morgan fingerprint density at radius 3 is 2.85 bits per heavy atom. The zero-order valence-electron chi connectivity index (χ0n) is 6.93. The third kappa shape index (κ3) is 2.36. The first-order chi connectivity index (χ1) is 6.45. The van der Waals surface area contributed by atoms with Crippen LogP contribution in [0.1, 0.15) is 5.56 Å². The molecule has 0 aliphatic rings. The van der Waals surface area contributed by atoms with Gasteiger partial charge in [0, 0.05) is 5.75 Å². The van der Waals surface area contributed by atoms with Crippen molar-refractivity contribution in [3.63, 3.8) is 0 Å². The molecule has 0 fully saturated rings. The number of hydrogen-bond donors (Lipinski definition) is 0. The fourth-order valence-corrected chi connectivity index (χ4v) is 1.70. The van der Waals surface area contributed by atoms with Crippen molar-refractivity contribution in [3.8, 4) is 0 Å². The summed E-state index contributed by atoms with van der Waals surface area (Å²) in [4.78, 5) is 3.90. The van der Waals surface area contributed by atoms with Gasteiger partial charge in [0.1, 0.15) is 11.3 Å². The number of thioether (sulfide) groups is 1. The van der Waals surface area contributed by atoms with E-state index in [9.17, 15) is 0 Å². The molecule has 13 heavy (non-hydrogen) atoms. The molecule has 0 amide bonds. The van der Waals surface area contributed by atoms with E-state index in [0.717, 1.165) is 10.8 Å². The first-order valence-electron chi connectivity index (χ1n) is 3.93. The zero-order valence-corrected chi connectivity index (χ0v) is 7.75. The van der Waals surface area contributed by atoms with Gasteiger partial charge in [0.2, 0.25) is 0 Å². The van der Waals surface area contributed by atoms with E-state index in [4.69, 9.17) is 4.42 Å². The first-order valence-corrected chi connectivity index (χ1v) is 4.92. The van der Waals surface area contributed by atoms with Gasteiger partial charge in [-0.3, -0.25) is 0 Å². The highest BCUT2D eigenvalue weighted by atomic mass is 32.2. The molecule has 2 rings (SSSR count). The van der Waals surface area contributed by atoms with Gasteiger partial charge in [-0.05, 0) is 5.56 Å². The van der Waals surface area contributed by atoms with E-state index >= 15 is 0 Å². The molecular weight excluding hydrogens is 182 g/mol. The van der Waals surface area contributed by atoms with Gasteiger partial charge in [-0.1, -0.05) is 42.1 Å². The van der Waals surface area contributed by atoms with E-state index in [2.05, 4.69) is 23.5 Å². The topological polar surface area (TPSA) is 26.0 Å². The minimum Gasteiger partial charge on any atom is -0.440 e. The van der Waals surface area contributed by atoms with E-state index in [1.165, 1.54) is 5.56 Å². The Kier molecular flexibility index (Phi) is 2.67. The minimum absolute atomic E-state index is 0.879. The lowest BCUT2D eigenvalue weighted by atomic mass is 10.2. The van der Waals surface area contributed by atoms with Crippen molar-refractivity contribution in [2.75, 3.05) is 0 Å². The van der Waals surface area contributed by atoms with Gasteiger partial charge in [-0.2, -0.15) is 4.98 Å². The van der Waals surface area contributed by atoms with E-state index in [1.54, 1.807) is 18.0 Å². The van der Waals surface area contributed by atoms with Gasteiger partial charge in [0.15, 0.2) is 0 Å². The standard InChI is InChI=1S/C10H8NOS/c1-2-4-9(5-3-1)7-13-10-6-12-8-11-10/h1-6H,7H2. The maximum atomic E-state index is 4.75. The van der Waals surface area contributed by atoms with Crippen molar-refractivity contribution in [3.05, 3.63) is 48.6 Å². The molecule has 0 bridgehead atoms. The van der Waals surface area contributed by atoms with Crippen molar-refractivity contribution in [2.24, 2.45) is 0 Å². The van der Waals surface area contributed by atoms with Gasteiger partial charge < -0.3 is 4.42 Å². The monoisotopic (exact) mass is 190 g/mol. The van der Waals surface area contributed by atoms with Crippen LogP contribution >= 0.6 is 11.8 Å². The molecule has 0 unspecified atom stereocenters. The number of hydrogen-bond acceptors (Lipinski definition) is 3. The van der Waals surface area contributed by atoms with Crippen LogP contribution in [0.25, 0.3) is 0 Å². The minimum atomic E-state index is 0.879. The van der Waals surface area contributed by atoms with Crippen molar-refractivity contribution < 1.29 is 4.42 Å². The summed E-state index contributed by atoms with van der Waals surface area (Å²) >= 11 is 1.64. The lowest BCUT2D eigenvalue weighted by Crippen LogP contribution is -1.78. The number of aromatic nitrogens is 1. The molecule has 1 aromatic heterocycles. The predicted molar refractivity (Wildman–Crippen MR) is 51.3 cm³/mol. The van der Waals surface area contributed by atoms with Crippen LogP contribution in [0.4, 0.5) is 0 Å². The number of oxazole rings is 1. The van der Waals surface area contributed by atoms with Crippen LogP contribution in [0.15, 0.2) is 46.0 Å².